The molecule has 0 spiro atoms. The Morgan fingerprint density at radius 2 is 2.50 bits per heavy atom. The number of halogens is 1. The SMILES string of the molecule is CC1OCCC1Nc1ncccc1F. The van der Waals surface area contributed by atoms with Gasteiger partial charge in [-0.3, -0.25) is 0 Å². The largest absolute Gasteiger partial charge is 0.376 e. The summed E-state index contributed by atoms with van der Waals surface area (Å²) in [6.45, 7) is 2.71. The van der Waals surface area contributed by atoms with E-state index in [1.54, 1.807) is 12.3 Å². The van der Waals surface area contributed by atoms with Gasteiger partial charge in [0, 0.05) is 12.8 Å². The zero-order chi connectivity index (χ0) is 9.97. The van der Waals surface area contributed by atoms with Crippen molar-refractivity contribution in [2.24, 2.45) is 0 Å². The van der Waals surface area contributed by atoms with Gasteiger partial charge in [0.2, 0.25) is 0 Å². The lowest BCUT2D eigenvalue weighted by Crippen LogP contribution is -2.27. The molecule has 14 heavy (non-hydrogen) atoms. The second-order valence-corrected chi connectivity index (χ2v) is 3.45. The van der Waals surface area contributed by atoms with Gasteiger partial charge >= 0.3 is 0 Å². The van der Waals surface area contributed by atoms with E-state index in [9.17, 15) is 4.39 Å². The Morgan fingerprint density at radius 3 is 3.14 bits per heavy atom. The zero-order valence-corrected chi connectivity index (χ0v) is 8.03. The van der Waals surface area contributed by atoms with Crippen LogP contribution in [0.3, 0.4) is 0 Å². The van der Waals surface area contributed by atoms with Gasteiger partial charge in [0.1, 0.15) is 0 Å². The van der Waals surface area contributed by atoms with Crippen LogP contribution >= 0.6 is 0 Å². The lowest BCUT2D eigenvalue weighted by atomic mass is 10.1. The van der Waals surface area contributed by atoms with Gasteiger partial charge in [0.15, 0.2) is 11.6 Å². The maximum Gasteiger partial charge on any atom is 0.165 e. The molecule has 1 aliphatic heterocycles. The van der Waals surface area contributed by atoms with E-state index in [0.29, 0.717) is 5.82 Å². The predicted molar refractivity (Wildman–Crippen MR) is 51.6 cm³/mol. The van der Waals surface area contributed by atoms with Crippen molar-refractivity contribution in [2.75, 3.05) is 11.9 Å². The van der Waals surface area contributed by atoms with Crippen LogP contribution in [0.2, 0.25) is 0 Å². The van der Waals surface area contributed by atoms with Gasteiger partial charge < -0.3 is 10.1 Å². The van der Waals surface area contributed by atoms with E-state index in [4.69, 9.17) is 4.74 Å². The minimum atomic E-state index is -0.313. The number of rotatable bonds is 2. The van der Waals surface area contributed by atoms with E-state index >= 15 is 0 Å². The molecular formula is C10H13FN2O. The smallest absolute Gasteiger partial charge is 0.165 e. The van der Waals surface area contributed by atoms with Crippen molar-refractivity contribution in [1.82, 2.24) is 4.98 Å². The summed E-state index contributed by atoms with van der Waals surface area (Å²) in [5.74, 6) is 0.00134. The van der Waals surface area contributed by atoms with Crippen LogP contribution in [0.4, 0.5) is 10.2 Å². The Kier molecular flexibility index (Phi) is 2.63. The Morgan fingerprint density at radius 1 is 1.64 bits per heavy atom. The van der Waals surface area contributed by atoms with E-state index in [2.05, 4.69) is 10.3 Å². The highest BCUT2D eigenvalue weighted by molar-refractivity contribution is 5.37. The minimum absolute atomic E-state index is 0.122. The Labute approximate surface area is 82.3 Å². The molecule has 0 bridgehead atoms. The monoisotopic (exact) mass is 196 g/mol. The molecular weight excluding hydrogens is 183 g/mol. The first-order valence-corrected chi connectivity index (χ1v) is 4.76. The maximum absolute atomic E-state index is 13.2. The van der Waals surface area contributed by atoms with E-state index in [-0.39, 0.29) is 18.0 Å². The third-order valence-corrected chi connectivity index (χ3v) is 2.46. The lowest BCUT2D eigenvalue weighted by molar-refractivity contribution is 0.121. The third-order valence-electron chi connectivity index (χ3n) is 2.46. The molecule has 0 saturated carbocycles. The van der Waals surface area contributed by atoms with Crippen molar-refractivity contribution in [3.8, 4) is 0 Å². The molecule has 3 nitrogen and oxygen atoms in total. The molecule has 1 aliphatic rings. The summed E-state index contributed by atoms with van der Waals surface area (Å²) in [5.41, 5.74) is 0. The van der Waals surface area contributed by atoms with Crippen molar-refractivity contribution >= 4 is 5.82 Å². The molecule has 2 unspecified atom stereocenters. The van der Waals surface area contributed by atoms with Gasteiger partial charge in [-0.2, -0.15) is 0 Å². The number of anilines is 1. The minimum Gasteiger partial charge on any atom is -0.376 e. The second-order valence-electron chi connectivity index (χ2n) is 3.45. The van der Waals surface area contributed by atoms with Crippen molar-refractivity contribution in [2.45, 2.75) is 25.5 Å². The molecule has 0 aromatic carbocycles. The van der Waals surface area contributed by atoms with Gasteiger partial charge in [-0.15, -0.1) is 0 Å². The fourth-order valence-electron chi connectivity index (χ4n) is 1.59. The Balaban J connectivity index is 2.07. The number of hydrogen-bond donors (Lipinski definition) is 1. The highest BCUT2D eigenvalue weighted by atomic mass is 19.1. The topological polar surface area (TPSA) is 34.1 Å². The fourth-order valence-corrected chi connectivity index (χ4v) is 1.59. The van der Waals surface area contributed by atoms with E-state index in [1.165, 1.54) is 6.07 Å². The number of ether oxygens (including phenoxy) is 1. The van der Waals surface area contributed by atoms with Crippen molar-refractivity contribution < 1.29 is 9.13 Å². The average Bonchev–Trinajstić information content (AvgIpc) is 2.56. The maximum atomic E-state index is 13.2. The highest BCUT2D eigenvalue weighted by Crippen LogP contribution is 2.18. The quantitative estimate of drug-likeness (QED) is 0.783. The molecule has 2 heterocycles. The van der Waals surface area contributed by atoms with Gasteiger partial charge in [-0.05, 0) is 25.5 Å². The first-order valence-electron chi connectivity index (χ1n) is 4.76. The first-order chi connectivity index (χ1) is 6.77. The van der Waals surface area contributed by atoms with Crippen molar-refractivity contribution in [1.29, 1.82) is 0 Å². The van der Waals surface area contributed by atoms with Crippen LogP contribution in [0.5, 0.6) is 0 Å². The Hall–Kier alpha value is -1.16. The van der Waals surface area contributed by atoms with Crippen LogP contribution in [-0.4, -0.2) is 23.7 Å². The summed E-state index contributed by atoms with van der Waals surface area (Å²) in [6.07, 6.45) is 2.60. The van der Waals surface area contributed by atoms with Crippen LogP contribution in [0, 0.1) is 5.82 Å². The first kappa shape index (κ1) is 9.40. The molecule has 4 heteroatoms. The molecule has 1 N–H and O–H groups in total. The fraction of sp³-hybridized carbons (Fsp3) is 0.500. The molecule has 76 valence electrons. The van der Waals surface area contributed by atoms with Crippen molar-refractivity contribution in [3.05, 3.63) is 24.1 Å². The molecule has 0 aliphatic carbocycles. The Bertz CT molecular complexity index is 319. The standard InChI is InChI=1S/C10H13FN2O/c1-7-9(4-6-14-7)13-10-8(11)3-2-5-12-10/h2-3,5,7,9H,4,6H2,1H3,(H,12,13). The predicted octanol–water partition coefficient (Wildman–Crippen LogP) is 1.81. The summed E-state index contributed by atoms with van der Waals surface area (Å²) in [7, 11) is 0. The van der Waals surface area contributed by atoms with E-state index in [1.807, 2.05) is 6.92 Å². The van der Waals surface area contributed by atoms with Crippen molar-refractivity contribution in [3.63, 3.8) is 0 Å². The summed E-state index contributed by atoms with van der Waals surface area (Å²) in [4.78, 5) is 3.93. The van der Waals surface area contributed by atoms with Gasteiger partial charge in [-0.1, -0.05) is 0 Å². The number of nitrogens with zero attached hydrogens (tertiary/aromatic N) is 1. The number of hydrogen-bond acceptors (Lipinski definition) is 3. The van der Waals surface area contributed by atoms with E-state index in [0.717, 1.165) is 13.0 Å². The molecule has 2 rings (SSSR count). The van der Waals surface area contributed by atoms with Crippen LogP contribution in [0.25, 0.3) is 0 Å². The van der Waals surface area contributed by atoms with Crippen LogP contribution in [-0.2, 0) is 4.74 Å². The molecule has 0 radical (unpaired) electrons. The van der Waals surface area contributed by atoms with Gasteiger partial charge in [-0.25, -0.2) is 9.37 Å². The summed E-state index contributed by atoms with van der Waals surface area (Å²) >= 11 is 0. The van der Waals surface area contributed by atoms with Gasteiger partial charge in [0.25, 0.3) is 0 Å². The molecule has 1 aromatic heterocycles. The van der Waals surface area contributed by atoms with Crippen LogP contribution in [0.15, 0.2) is 18.3 Å². The van der Waals surface area contributed by atoms with E-state index < -0.39 is 0 Å². The van der Waals surface area contributed by atoms with Gasteiger partial charge in [0.05, 0.1) is 12.1 Å². The van der Waals surface area contributed by atoms with Crippen LogP contribution in [0.1, 0.15) is 13.3 Å². The lowest BCUT2D eigenvalue weighted by Gasteiger charge is -2.16. The normalized spacial score (nSPS) is 26.4. The highest BCUT2D eigenvalue weighted by Gasteiger charge is 2.24. The number of pyridine rings is 1. The summed E-state index contributed by atoms with van der Waals surface area (Å²) in [5, 5.41) is 3.05. The third kappa shape index (κ3) is 1.85. The molecule has 1 fully saturated rings. The summed E-state index contributed by atoms with van der Waals surface area (Å²) < 4.78 is 18.6. The number of aromatic nitrogens is 1. The second kappa shape index (κ2) is 3.92. The molecule has 1 aromatic rings. The zero-order valence-electron chi connectivity index (χ0n) is 8.03. The van der Waals surface area contributed by atoms with Crippen LogP contribution < -0.4 is 5.32 Å². The summed E-state index contributed by atoms with van der Waals surface area (Å²) in [6, 6.07) is 3.14. The number of nitrogens with one attached hydrogen (secondary N) is 1. The molecule has 0 amide bonds. The molecule has 2 atom stereocenters. The average molecular weight is 196 g/mol. The molecule has 1 saturated heterocycles.